The maximum atomic E-state index is 12.8. The fraction of sp³-hybridized carbons (Fsp3) is 0.938. The van der Waals surface area contributed by atoms with E-state index >= 15 is 0 Å². The molecular formula is C16H28N2O2. The zero-order chi connectivity index (χ0) is 14.5. The first-order valence-electron chi connectivity index (χ1n) is 8.12. The predicted octanol–water partition coefficient (Wildman–Crippen LogP) is 1.82. The molecule has 4 heteroatoms. The van der Waals surface area contributed by atoms with Crippen molar-refractivity contribution in [2.24, 2.45) is 23.0 Å². The maximum Gasteiger partial charge on any atom is 0.241 e. The summed E-state index contributed by atoms with van der Waals surface area (Å²) in [5.74, 6) is 1.06. The van der Waals surface area contributed by atoms with Gasteiger partial charge in [0.05, 0.1) is 6.10 Å². The fourth-order valence-electron chi connectivity index (χ4n) is 4.23. The molecule has 2 saturated carbocycles. The third kappa shape index (κ3) is 1.92. The molecule has 1 amide bonds. The van der Waals surface area contributed by atoms with Gasteiger partial charge in [-0.1, -0.05) is 33.6 Å². The van der Waals surface area contributed by atoms with Crippen LogP contribution < -0.4 is 11.1 Å². The highest BCUT2D eigenvalue weighted by Crippen LogP contribution is 2.58. The molecule has 0 aromatic rings. The largest absolute Gasteiger partial charge is 0.377 e. The first-order chi connectivity index (χ1) is 9.41. The van der Waals surface area contributed by atoms with Gasteiger partial charge in [-0.15, -0.1) is 0 Å². The van der Waals surface area contributed by atoms with E-state index in [-0.39, 0.29) is 29.4 Å². The Hall–Kier alpha value is -0.610. The fourth-order valence-corrected chi connectivity index (χ4v) is 4.23. The molecule has 4 unspecified atom stereocenters. The van der Waals surface area contributed by atoms with Crippen LogP contribution >= 0.6 is 0 Å². The van der Waals surface area contributed by atoms with E-state index in [0.717, 1.165) is 31.8 Å². The SMILES string of the molecule is CCC(CC1CC1)NC(=O)C1(N)C2CCOC2C1(C)C. The zero-order valence-electron chi connectivity index (χ0n) is 12.9. The van der Waals surface area contributed by atoms with Crippen molar-refractivity contribution in [3.63, 3.8) is 0 Å². The van der Waals surface area contributed by atoms with Gasteiger partial charge in [0, 0.05) is 24.0 Å². The lowest BCUT2D eigenvalue weighted by Crippen LogP contribution is -2.80. The summed E-state index contributed by atoms with van der Waals surface area (Å²) in [7, 11) is 0. The lowest BCUT2D eigenvalue weighted by Gasteiger charge is -2.60. The molecule has 20 heavy (non-hydrogen) atoms. The third-order valence-corrected chi connectivity index (χ3v) is 5.97. The van der Waals surface area contributed by atoms with Crippen LogP contribution in [0.3, 0.4) is 0 Å². The van der Waals surface area contributed by atoms with Crippen LogP contribution in [-0.2, 0) is 9.53 Å². The maximum absolute atomic E-state index is 12.8. The summed E-state index contributed by atoms with van der Waals surface area (Å²) in [4.78, 5) is 12.8. The van der Waals surface area contributed by atoms with Crippen LogP contribution in [-0.4, -0.2) is 30.2 Å². The Kier molecular flexibility index (Phi) is 3.37. The number of nitrogens with two attached hydrogens (primary N) is 1. The number of fused-ring (bicyclic) bond motifs is 1. The number of hydrogen-bond acceptors (Lipinski definition) is 3. The van der Waals surface area contributed by atoms with Crippen molar-refractivity contribution in [1.29, 1.82) is 0 Å². The van der Waals surface area contributed by atoms with Crippen LogP contribution in [0, 0.1) is 17.3 Å². The molecular weight excluding hydrogens is 252 g/mol. The van der Waals surface area contributed by atoms with E-state index in [1.807, 2.05) is 0 Å². The van der Waals surface area contributed by atoms with E-state index in [2.05, 4.69) is 26.1 Å². The van der Waals surface area contributed by atoms with Gasteiger partial charge < -0.3 is 15.8 Å². The Bertz CT molecular complexity index is 405. The van der Waals surface area contributed by atoms with Crippen LogP contribution in [0.4, 0.5) is 0 Å². The van der Waals surface area contributed by atoms with Gasteiger partial charge in [0.2, 0.25) is 5.91 Å². The highest BCUT2D eigenvalue weighted by molar-refractivity contribution is 5.89. The van der Waals surface area contributed by atoms with Crippen LogP contribution in [0.2, 0.25) is 0 Å². The second kappa shape index (κ2) is 4.70. The number of hydrogen-bond donors (Lipinski definition) is 2. The van der Waals surface area contributed by atoms with Gasteiger partial charge in [-0.2, -0.15) is 0 Å². The van der Waals surface area contributed by atoms with E-state index in [1.165, 1.54) is 12.8 Å². The summed E-state index contributed by atoms with van der Waals surface area (Å²) >= 11 is 0. The van der Waals surface area contributed by atoms with E-state index in [4.69, 9.17) is 10.5 Å². The molecule has 0 radical (unpaired) electrons. The minimum Gasteiger partial charge on any atom is -0.377 e. The average Bonchev–Trinajstić information content (AvgIpc) is 3.09. The predicted molar refractivity (Wildman–Crippen MR) is 78.1 cm³/mol. The molecule has 3 rings (SSSR count). The second-order valence-electron chi connectivity index (χ2n) is 7.53. The van der Waals surface area contributed by atoms with Crippen LogP contribution in [0.5, 0.6) is 0 Å². The molecule has 3 aliphatic rings. The summed E-state index contributed by atoms with van der Waals surface area (Å²) in [5.41, 5.74) is 5.54. The standard InChI is InChI=1S/C16H28N2O2/c1-4-11(9-10-5-6-10)18-14(19)16(17)12-7-8-20-13(12)15(16,2)3/h10-13H,4-9,17H2,1-3H3,(H,18,19). The van der Waals surface area contributed by atoms with Crippen molar-refractivity contribution in [2.45, 2.75) is 70.6 Å². The normalized spacial score (nSPS) is 39.8. The van der Waals surface area contributed by atoms with Crippen molar-refractivity contribution in [2.75, 3.05) is 6.61 Å². The number of amides is 1. The van der Waals surface area contributed by atoms with Crippen LogP contribution in [0.15, 0.2) is 0 Å². The second-order valence-corrected chi connectivity index (χ2v) is 7.53. The van der Waals surface area contributed by atoms with Crippen molar-refractivity contribution in [3.8, 4) is 0 Å². The number of carbonyl (C=O) groups is 1. The number of carbonyl (C=O) groups excluding carboxylic acids is 1. The molecule has 4 nitrogen and oxygen atoms in total. The Labute approximate surface area is 121 Å². The molecule has 1 heterocycles. The van der Waals surface area contributed by atoms with Crippen molar-refractivity contribution in [1.82, 2.24) is 5.32 Å². The highest BCUT2D eigenvalue weighted by Gasteiger charge is 2.71. The van der Waals surface area contributed by atoms with Crippen LogP contribution in [0.1, 0.15) is 52.9 Å². The summed E-state index contributed by atoms with van der Waals surface area (Å²) < 4.78 is 5.76. The summed E-state index contributed by atoms with van der Waals surface area (Å²) in [6.07, 6.45) is 5.82. The van der Waals surface area contributed by atoms with E-state index in [1.54, 1.807) is 0 Å². The van der Waals surface area contributed by atoms with E-state index in [0.29, 0.717) is 0 Å². The molecule has 0 bridgehead atoms. The quantitative estimate of drug-likeness (QED) is 0.807. The Morgan fingerprint density at radius 1 is 1.40 bits per heavy atom. The highest BCUT2D eigenvalue weighted by atomic mass is 16.5. The Balaban J connectivity index is 1.68. The van der Waals surface area contributed by atoms with E-state index < -0.39 is 5.54 Å². The first-order valence-corrected chi connectivity index (χ1v) is 8.12. The van der Waals surface area contributed by atoms with Crippen molar-refractivity contribution in [3.05, 3.63) is 0 Å². The molecule has 3 fully saturated rings. The minimum atomic E-state index is -0.759. The monoisotopic (exact) mass is 280 g/mol. The van der Waals surface area contributed by atoms with Gasteiger partial charge in [0.15, 0.2) is 0 Å². The number of nitrogens with one attached hydrogen (secondary N) is 1. The molecule has 3 N–H and O–H groups in total. The summed E-state index contributed by atoms with van der Waals surface area (Å²) in [6.45, 7) is 7.02. The topological polar surface area (TPSA) is 64.4 Å². The molecule has 114 valence electrons. The van der Waals surface area contributed by atoms with Gasteiger partial charge >= 0.3 is 0 Å². The molecule has 1 saturated heterocycles. The molecule has 1 aliphatic heterocycles. The first kappa shape index (κ1) is 14.3. The molecule has 0 aromatic carbocycles. The number of ether oxygens (including phenoxy) is 1. The van der Waals surface area contributed by atoms with E-state index in [9.17, 15) is 4.79 Å². The van der Waals surface area contributed by atoms with Crippen LogP contribution in [0.25, 0.3) is 0 Å². The lowest BCUT2D eigenvalue weighted by molar-refractivity contribution is -0.176. The molecule has 2 aliphatic carbocycles. The number of rotatable bonds is 5. The smallest absolute Gasteiger partial charge is 0.241 e. The Morgan fingerprint density at radius 2 is 2.10 bits per heavy atom. The van der Waals surface area contributed by atoms with Gasteiger partial charge in [-0.25, -0.2) is 0 Å². The van der Waals surface area contributed by atoms with Crippen molar-refractivity contribution < 1.29 is 9.53 Å². The lowest BCUT2D eigenvalue weighted by atomic mass is 9.48. The average molecular weight is 280 g/mol. The summed E-state index contributed by atoms with van der Waals surface area (Å²) in [6, 6.07) is 0.285. The third-order valence-electron chi connectivity index (χ3n) is 5.97. The molecule has 0 aromatic heterocycles. The Morgan fingerprint density at radius 3 is 2.70 bits per heavy atom. The zero-order valence-corrected chi connectivity index (χ0v) is 12.9. The summed E-state index contributed by atoms with van der Waals surface area (Å²) in [5, 5.41) is 3.23. The minimum absolute atomic E-state index is 0.0433. The van der Waals surface area contributed by atoms with Gasteiger partial charge in [0.25, 0.3) is 0 Å². The van der Waals surface area contributed by atoms with Crippen molar-refractivity contribution >= 4 is 5.91 Å². The molecule has 4 atom stereocenters. The van der Waals surface area contributed by atoms with Gasteiger partial charge in [-0.3, -0.25) is 4.79 Å². The van der Waals surface area contributed by atoms with Gasteiger partial charge in [-0.05, 0) is 25.2 Å². The molecule has 0 spiro atoms. The van der Waals surface area contributed by atoms with Gasteiger partial charge in [0.1, 0.15) is 5.54 Å².